The van der Waals surface area contributed by atoms with Crippen molar-refractivity contribution in [3.8, 4) is 28.3 Å². The molecule has 0 radical (unpaired) electrons. The number of hydrogen-bond donors (Lipinski definition) is 1. The molecule has 1 atom stereocenters. The van der Waals surface area contributed by atoms with Gasteiger partial charge in [0.2, 0.25) is 5.88 Å². The molecule has 2 heterocycles. The number of nitrogens with one attached hydrogen (secondary N) is 1. The summed E-state index contributed by atoms with van der Waals surface area (Å²) in [7, 11) is 1.75. The molecule has 0 spiro atoms. The number of hydrogen-bond acceptors (Lipinski definition) is 5. The second kappa shape index (κ2) is 9.21. The summed E-state index contributed by atoms with van der Waals surface area (Å²) in [6.07, 6.45) is 1.60. The first-order valence-corrected chi connectivity index (χ1v) is 12.7. The molecule has 0 saturated heterocycles. The largest absolute Gasteiger partial charge is 0.463 e. The number of aromatic nitrogens is 1. The van der Waals surface area contributed by atoms with E-state index in [0.29, 0.717) is 11.6 Å². The Morgan fingerprint density at radius 3 is 2.35 bits per heavy atom. The van der Waals surface area contributed by atoms with Gasteiger partial charge in [0.15, 0.2) is 6.10 Å². The fourth-order valence-corrected chi connectivity index (χ4v) is 4.87. The summed E-state index contributed by atoms with van der Waals surface area (Å²) in [5.74, 6) is 0.331. The highest BCUT2D eigenvalue weighted by molar-refractivity contribution is 6.00. The van der Waals surface area contributed by atoms with Crippen molar-refractivity contribution in [2.24, 2.45) is 0 Å². The van der Waals surface area contributed by atoms with Gasteiger partial charge in [-0.25, -0.2) is 9.78 Å². The molecule has 1 saturated carbocycles. The summed E-state index contributed by atoms with van der Waals surface area (Å²) < 4.78 is 11.8. The first-order chi connectivity index (χ1) is 17.6. The molecule has 2 aromatic carbocycles. The van der Waals surface area contributed by atoms with Gasteiger partial charge in [-0.2, -0.15) is 0 Å². The molecule has 37 heavy (non-hydrogen) atoms. The van der Waals surface area contributed by atoms with Crippen molar-refractivity contribution >= 4 is 17.7 Å². The fourth-order valence-electron chi connectivity index (χ4n) is 4.87. The number of amides is 2. The van der Waals surface area contributed by atoms with E-state index in [0.717, 1.165) is 47.2 Å². The van der Waals surface area contributed by atoms with Gasteiger partial charge in [0.1, 0.15) is 11.3 Å². The van der Waals surface area contributed by atoms with Crippen molar-refractivity contribution in [2.45, 2.75) is 64.2 Å². The van der Waals surface area contributed by atoms with E-state index in [9.17, 15) is 9.59 Å². The van der Waals surface area contributed by atoms with Crippen LogP contribution in [0.2, 0.25) is 0 Å². The number of alkyl carbamates (subject to hydrolysis) is 1. The first-order valence-electron chi connectivity index (χ1n) is 12.7. The van der Waals surface area contributed by atoms with Crippen LogP contribution in [0.4, 0.5) is 10.5 Å². The zero-order valence-corrected chi connectivity index (χ0v) is 22.0. The predicted octanol–water partition coefficient (Wildman–Crippen LogP) is 6.06. The molecule has 0 bridgehead atoms. The highest BCUT2D eigenvalue weighted by Gasteiger charge is 2.43. The highest BCUT2D eigenvalue weighted by atomic mass is 16.6. The predicted molar refractivity (Wildman–Crippen MR) is 144 cm³/mol. The normalized spacial score (nSPS) is 18.4. The molecule has 1 aliphatic heterocycles. The van der Waals surface area contributed by atoms with Gasteiger partial charge in [0, 0.05) is 23.7 Å². The maximum atomic E-state index is 12.6. The lowest BCUT2D eigenvalue weighted by atomic mass is 9.74. The summed E-state index contributed by atoms with van der Waals surface area (Å²) in [5.41, 5.74) is 4.22. The lowest BCUT2D eigenvalue weighted by Gasteiger charge is -2.42. The number of nitrogens with zero attached hydrogens (tertiary/aromatic N) is 2. The van der Waals surface area contributed by atoms with Crippen LogP contribution in [0.5, 0.6) is 5.88 Å². The van der Waals surface area contributed by atoms with Gasteiger partial charge in [0.25, 0.3) is 5.91 Å². The van der Waals surface area contributed by atoms with Gasteiger partial charge in [-0.05, 0) is 64.2 Å². The summed E-state index contributed by atoms with van der Waals surface area (Å²) in [4.78, 5) is 31.6. The van der Waals surface area contributed by atoms with Crippen molar-refractivity contribution in [3.05, 3.63) is 66.2 Å². The van der Waals surface area contributed by atoms with E-state index in [1.807, 2.05) is 81.4 Å². The van der Waals surface area contributed by atoms with Gasteiger partial charge in [-0.1, -0.05) is 54.6 Å². The van der Waals surface area contributed by atoms with Crippen molar-refractivity contribution in [3.63, 3.8) is 0 Å². The molecule has 1 unspecified atom stereocenters. The Bertz CT molecular complexity index is 1330. The van der Waals surface area contributed by atoms with E-state index in [1.165, 1.54) is 0 Å². The number of anilines is 1. The van der Waals surface area contributed by atoms with Crippen LogP contribution in [-0.2, 0) is 15.1 Å². The van der Waals surface area contributed by atoms with Crippen LogP contribution in [0.15, 0.2) is 60.7 Å². The maximum absolute atomic E-state index is 12.6. The third-order valence-corrected chi connectivity index (χ3v) is 6.99. The Balaban J connectivity index is 1.52. The number of carbonyl (C=O) groups excluding carboxylic acids is 2. The quantitative estimate of drug-likeness (QED) is 0.472. The number of rotatable bonds is 4. The number of fused-ring (bicyclic) bond motifs is 1. The number of likely N-dealkylation sites (N-methyl/N-ethyl adjacent to an activating group) is 1. The van der Waals surface area contributed by atoms with Gasteiger partial charge >= 0.3 is 6.09 Å². The van der Waals surface area contributed by atoms with Crippen molar-refractivity contribution in [2.75, 3.05) is 11.9 Å². The summed E-state index contributed by atoms with van der Waals surface area (Å²) in [6.45, 7) is 7.54. The zero-order chi connectivity index (χ0) is 26.4. The second-order valence-corrected chi connectivity index (χ2v) is 10.9. The summed E-state index contributed by atoms with van der Waals surface area (Å²) in [5, 5.41) is 2.90. The average molecular weight is 500 g/mol. The molecule has 2 aliphatic rings. The van der Waals surface area contributed by atoms with E-state index < -0.39 is 17.8 Å². The minimum Gasteiger partial charge on any atom is -0.463 e. The van der Waals surface area contributed by atoms with Gasteiger partial charge in [0.05, 0.1) is 5.69 Å². The van der Waals surface area contributed by atoms with Crippen LogP contribution in [0.3, 0.4) is 0 Å². The maximum Gasteiger partial charge on any atom is 0.408 e. The van der Waals surface area contributed by atoms with E-state index in [4.69, 9.17) is 14.5 Å². The molecule has 1 aliphatic carbocycles. The molecule has 5 rings (SSSR count). The van der Waals surface area contributed by atoms with Crippen LogP contribution in [0.1, 0.15) is 52.5 Å². The molecule has 1 aromatic heterocycles. The van der Waals surface area contributed by atoms with Crippen LogP contribution in [0.25, 0.3) is 22.4 Å². The molecular formula is C30H33N3O4. The zero-order valence-electron chi connectivity index (χ0n) is 22.0. The first kappa shape index (κ1) is 24.8. The van der Waals surface area contributed by atoms with Crippen LogP contribution >= 0.6 is 0 Å². The fraction of sp³-hybridized carbons (Fsp3) is 0.367. The van der Waals surface area contributed by atoms with Gasteiger partial charge in [-0.3, -0.25) is 4.79 Å². The van der Waals surface area contributed by atoms with Gasteiger partial charge < -0.3 is 19.7 Å². The molecule has 7 heteroatoms. The third kappa shape index (κ3) is 4.78. The molecule has 1 fully saturated rings. The molecule has 7 nitrogen and oxygen atoms in total. The number of ether oxygens (including phenoxy) is 2. The molecule has 192 valence electrons. The van der Waals surface area contributed by atoms with Crippen molar-refractivity contribution in [1.29, 1.82) is 0 Å². The van der Waals surface area contributed by atoms with E-state index in [2.05, 4.69) is 5.32 Å². The number of pyridine rings is 1. The van der Waals surface area contributed by atoms with Crippen LogP contribution in [0, 0.1) is 0 Å². The van der Waals surface area contributed by atoms with E-state index in [1.54, 1.807) is 18.9 Å². The Hall–Kier alpha value is -3.87. The minimum absolute atomic E-state index is 0.105. The lowest BCUT2D eigenvalue weighted by molar-refractivity contribution is -0.125. The number of benzene rings is 2. The minimum atomic E-state index is -0.610. The van der Waals surface area contributed by atoms with Crippen molar-refractivity contribution in [1.82, 2.24) is 10.3 Å². The van der Waals surface area contributed by atoms with Crippen LogP contribution in [-0.4, -0.2) is 35.7 Å². The SMILES string of the molecule is CC1Oc2nc(-c3ccc(C4(OC(=O)NC(C)(C)C)CCC4)cc3)c(-c3ccccc3)cc2N(C)C1=O. The standard InChI is InChI=1S/C30H33N3O4/c1-19-27(34)33(5)24-18-23(20-10-7-6-8-11-20)25(31-26(24)36-19)21-12-14-22(15-13-21)30(16-9-17-30)37-28(35)32-29(2,3)4/h6-8,10-15,18-19H,9,16-17H2,1-5H3,(H,32,35). The van der Waals surface area contributed by atoms with E-state index in [-0.39, 0.29) is 11.4 Å². The molecule has 1 N–H and O–H groups in total. The Kier molecular flexibility index (Phi) is 6.18. The number of carbonyl (C=O) groups is 2. The topological polar surface area (TPSA) is 80.8 Å². The summed E-state index contributed by atoms with van der Waals surface area (Å²) >= 11 is 0. The van der Waals surface area contributed by atoms with Crippen LogP contribution < -0.4 is 15.0 Å². The Labute approximate surface area is 217 Å². The molecule has 3 aromatic rings. The smallest absolute Gasteiger partial charge is 0.408 e. The third-order valence-electron chi connectivity index (χ3n) is 6.99. The Morgan fingerprint density at radius 2 is 1.76 bits per heavy atom. The second-order valence-electron chi connectivity index (χ2n) is 10.9. The molecular weight excluding hydrogens is 466 g/mol. The molecule has 2 amide bonds. The Morgan fingerprint density at radius 1 is 1.08 bits per heavy atom. The summed E-state index contributed by atoms with van der Waals surface area (Å²) in [6, 6.07) is 20.0. The van der Waals surface area contributed by atoms with Gasteiger partial charge in [-0.15, -0.1) is 0 Å². The average Bonchev–Trinajstić information content (AvgIpc) is 2.84. The monoisotopic (exact) mass is 499 g/mol. The van der Waals surface area contributed by atoms with Crippen molar-refractivity contribution < 1.29 is 19.1 Å². The lowest BCUT2D eigenvalue weighted by Crippen LogP contribution is -2.47. The van der Waals surface area contributed by atoms with E-state index >= 15 is 0 Å². The highest BCUT2D eigenvalue weighted by Crippen LogP contribution is 2.46.